The Morgan fingerprint density at radius 3 is 2.91 bits per heavy atom. The third kappa shape index (κ3) is 2.79. The molecule has 0 bridgehead atoms. The summed E-state index contributed by atoms with van der Waals surface area (Å²) < 4.78 is 0. The lowest BCUT2D eigenvalue weighted by molar-refractivity contribution is 0.173. The first-order chi connectivity index (χ1) is 5.20. The van der Waals surface area contributed by atoms with Crippen molar-refractivity contribution in [3.8, 4) is 0 Å². The fourth-order valence-corrected chi connectivity index (χ4v) is 1.93. The van der Waals surface area contributed by atoms with Crippen LogP contribution in [0, 0.1) is 0 Å². The molecule has 0 aliphatic rings. The van der Waals surface area contributed by atoms with E-state index in [1.807, 2.05) is 11.4 Å². The molecular weight excluding hydrogens is 182 g/mol. The average molecular weight is 192 g/mol. The molecule has 0 spiro atoms. The predicted molar refractivity (Wildman–Crippen MR) is 47.8 cm³/mol. The predicted octanol–water partition coefficient (Wildman–Crippen LogP) is 1.61. The molecule has 0 amide bonds. The van der Waals surface area contributed by atoms with Gasteiger partial charge in [0.2, 0.25) is 0 Å². The maximum atomic E-state index is 8.78. The van der Waals surface area contributed by atoms with Crippen LogP contribution in [-0.2, 0) is 6.42 Å². The Morgan fingerprint density at radius 2 is 2.45 bits per heavy atom. The molecule has 0 aliphatic carbocycles. The number of aliphatic hydroxyl groups is 1. The van der Waals surface area contributed by atoms with E-state index in [4.69, 9.17) is 22.4 Å². The molecule has 1 aromatic rings. The fraction of sp³-hybridized carbons (Fsp3) is 0.429. The first-order valence-corrected chi connectivity index (χ1v) is 4.61. The van der Waals surface area contributed by atoms with Crippen molar-refractivity contribution in [1.29, 1.82) is 0 Å². The molecule has 0 saturated heterocycles. The normalized spacial score (nSPS) is 13.4. The number of halogens is 1. The van der Waals surface area contributed by atoms with Crippen LogP contribution in [0.1, 0.15) is 11.3 Å². The van der Waals surface area contributed by atoms with Crippen LogP contribution in [0.4, 0.5) is 0 Å². The minimum Gasteiger partial charge on any atom is -0.379 e. The first-order valence-electron chi connectivity index (χ1n) is 3.35. The summed E-state index contributed by atoms with van der Waals surface area (Å²) in [6, 6.07) is 1.85. The van der Waals surface area contributed by atoms with Crippen molar-refractivity contribution in [3.63, 3.8) is 0 Å². The molecule has 0 fully saturated rings. The van der Waals surface area contributed by atoms with Crippen LogP contribution in [0.25, 0.3) is 0 Å². The van der Waals surface area contributed by atoms with Crippen molar-refractivity contribution >= 4 is 22.9 Å². The van der Waals surface area contributed by atoms with Gasteiger partial charge in [-0.25, -0.2) is 0 Å². The average Bonchev–Trinajstić information content (AvgIpc) is 2.31. The summed E-state index contributed by atoms with van der Waals surface area (Å²) >= 11 is 7.40. The van der Waals surface area contributed by atoms with E-state index in [1.54, 1.807) is 11.3 Å². The van der Waals surface area contributed by atoms with E-state index in [2.05, 4.69) is 0 Å². The quantitative estimate of drug-likeness (QED) is 0.714. The van der Waals surface area contributed by atoms with Gasteiger partial charge >= 0.3 is 0 Å². The molecule has 0 radical (unpaired) electrons. The Bertz CT molecular complexity index is 224. The largest absolute Gasteiger partial charge is 0.379 e. The maximum absolute atomic E-state index is 8.78. The number of aryl methyl sites for hydroxylation is 1. The second-order valence-electron chi connectivity index (χ2n) is 2.30. The van der Waals surface area contributed by atoms with Crippen LogP contribution in [0.2, 0.25) is 5.02 Å². The number of hydrogen-bond donors (Lipinski definition) is 2. The van der Waals surface area contributed by atoms with Crippen LogP contribution >= 0.6 is 22.9 Å². The molecule has 4 heteroatoms. The standard InChI is InChI=1S/C7H10ClNOS/c8-5-3-4-11-6(5)1-2-7(9)10/h3-4,7,10H,1-2,9H2. The Kier molecular flexibility index (Phi) is 3.33. The van der Waals surface area contributed by atoms with Gasteiger partial charge in [0.05, 0.1) is 5.02 Å². The van der Waals surface area contributed by atoms with Crippen molar-refractivity contribution < 1.29 is 5.11 Å². The van der Waals surface area contributed by atoms with Crippen molar-refractivity contribution in [2.45, 2.75) is 19.1 Å². The minimum atomic E-state index is -0.729. The molecule has 2 nitrogen and oxygen atoms in total. The highest BCUT2D eigenvalue weighted by Gasteiger charge is 2.03. The summed E-state index contributed by atoms with van der Waals surface area (Å²) in [6.07, 6.45) is 0.599. The van der Waals surface area contributed by atoms with E-state index in [0.29, 0.717) is 6.42 Å². The molecule has 0 aromatic carbocycles. The number of thiophene rings is 1. The van der Waals surface area contributed by atoms with E-state index in [0.717, 1.165) is 16.3 Å². The van der Waals surface area contributed by atoms with E-state index < -0.39 is 6.23 Å². The molecular formula is C7H10ClNOS. The Morgan fingerprint density at radius 1 is 1.73 bits per heavy atom. The summed E-state index contributed by atoms with van der Waals surface area (Å²) in [5.41, 5.74) is 5.18. The second-order valence-corrected chi connectivity index (χ2v) is 3.71. The molecule has 3 N–H and O–H groups in total. The van der Waals surface area contributed by atoms with Gasteiger partial charge in [-0.05, 0) is 24.3 Å². The first kappa shape index (κ1) is 9.00. The molecule has 11 heavy (non-hydrogen) atoms. The molecule has 0 saturated carbocycles. The molecule has 1 heterocycles. The van der Waals surface area contributed by atoms with Gasteiger partial charge < -0.3 is 10.8 Å². The van der Waals surface area contributed by atoms with Gasteiger partial charge in [0.25, 0.3) is 0 Å². The van der Waals surface area contributed by atoms with E-state index in [-0.39, 0.29) is 0 Å². The van der Waals surface area contributed by atoms with Crippen molar-refractivity contribution in [3.05, 3.63) is 21.3 Å². The SMILES string of the molecule is NC(O)CCc1sccc1Cl. The summed E-state index contributed by atoms with van der Waals surface area (Å²) in [6.45, 7) is 0. The van der Waals surface area contributed by atoms with Crippen LogP contribution in [0.15, 0.2) is 11.4 Å². The summed E-state index contributed by atoms with van der Waals surface area (Å²) in [5, 5.41) is 11.5. The Balaban J connectivity index is 2.44. The van der Waals surface area contributed by atoms with Gasteiger partial charge in [-0.1, -0.05) is 11.6 Å². The number of nitrogens with two attached hydrogens (primary N) is 1. The van der Waals surface area contributed by atoms with Crippen LogP contribution < -0.4 is 5.73 Å². The Labute approximate surface area is 74.6 Å². The smallest absolute Gasteiger partial charge is 0.102 e. The molecule has 1 unspecified atom stereocenters. The number of aliphatic hydroxyl groups excluding tert-OH is 1. The lowest BCUT2D eigenvalue weighted by Crippen LogP contribution is -2.18. The van der Waals surface area contributed by atoms with Crippen LogP contribution in [0.3, 0.4) is 0 Å². The lowest BCUT2D eigenvalue weighted by Gasteiger charge is -2.01. The second kappa shape index (κ2) is 4.07. The molecule has 1 rings (SSSR count). The third-order valence-electron chi connectivity index (χ3n) is 1.36. The summed E-state index contributed by atoms with van der Waals surface area (Å²) in [7, 11) is 0. The zero-order valence-electron chi connectivity index (χ0n) is 5.96. The zero-order valence-corrected chi connectivity index (χ0v) is 7.53. The third-order valence-corrected chi connectivity index (χ3v) is 2.81. The highest BCUT2D eigenvalue weighted by atomic mass is 35.5. The van der Waals surface area contributed by atoms with Crippen molar-refractivity contribution in [2.24, 2.45) is 5.73 Å². The molecule has 1 aromatic heterocycles. The zero-order chi connectivity index (χ0) is 8.27. The van der Waals surface area contributed by atoms with Crippen molar-refractivity contribution in [2.75, 3.05) is 0 Å². The van der Waals surface area contributed by atoms with E-state index in [1.165, 1.54) is 0 Å². The molecule has 0 aliphatic heterocycles. The van der Waals surface area contributed by atoms with Gasteiger partial charge in [0.1, 0.15) is 6.23 Å². The van der Waals surface area contributed by atoms with E-state index >= 15 is 0 Å². The topological polar surface area (TPSA) is 46.2 Å². The van der Waals surface area contributed by atoms with Gasteiger partial charge in [-0.15, -0.1) is 11.3 Å². The van der Waals surface area contributed by atoms with E-state index in [9.17, 15) is 0 Å². The summed E-state index contributed by atoms with van der Waals surface area (Å²) in [5.74, 6) is 0. The van der Waals surface area contributed by atoms with Gasteiger partial charge in [0.15, 0.2) is 0 Å². The van der Waals surface area contributed by atoms with Gasteiger partial charge in [-0.2, -0.15) is 0 Å². The maximum Gasteiger partial charge on any atom is 0.102 e. The number of hydrogen-bond acceptors (Lipinski definition) is 3. The monoisotopic (exact) mass is 191 g/mol. The summed E-state index contributed by atoms with van der Waals surface area (Å²) in [4.78, 5) is 1.09. The van der Waals surface area contributed by atoms with Gasteiger partial charge in [0, 0.05) is 4.88 Å². The molecule has 1 atom stereocenters. The highest BCUT2D eigenvalue weighted by Crippen LogP contribution is 2.23. The lowest BCUT2D eigenvalue weighted by atomic mass is 10.2. The van der Waals surface area contributed by atoms with Crippen LogP contribution in [-0.4, -0.2) is 11.3 Å². The fourth-order valence-electron chi connectivity index (χ4n) is 0.782. The number of rotatable bonds is 3. The molecule has 62 valence electrons. The Hall–Kier alpha value is -0.0900. The van der Waals surface area contributed by atoms with Crippen molar-refractivity contribution in [1.82, 2.24) is 0 Å². The minimum absolute atomic E-state index is 0.570. The highest BCUT2D eigenvalue weighted by molar-refractivity contribution is 7.10. The van der Waals surface area contributed by atoms with Gasteiger partial charge in [-0.3, -0.25) is 0 Å². The van der Waals surface area contributed by atoms with Crippen LogP contribution in [0.5, 0.6) is 0 Å².